The first-order valence-electron chi connectivity index (χ1n) is 8.93. The monoisotopic (exact) mass is 458 g/mol. The van der Waals surface area contributed by atoms with Crippen molar-refractivity contribution in [2.75, 3.05) is 18.6 Å². The van der Waals surface area contributed by atoms with Gasteiger partial charge in [0, 0.05) is 4.47 Å². The summed E-state index contributed by atoms with van der Waals surface area (Å²) in [4.78, 5) is 38.4. The molecule has 1 fully saturated rings. The Hall–Kier alpha value is -3.13. The molecule has 0 radical (unpaired) electrons. The summed E-state index contributed by atoms with van der Waals surface area (Å²) in [6.07, 6.45) is 2.25. The Morgan fingerprint density at radius 1 is 1.10 bits per heavy atom. The van der Waals surface area contributed by atoms with Gasteiger partial charge in [0.15, 0.2) is 11.5 Å². The summed E-state index contributed by atoms with van der Waals surface area (Å²) in [6.45, 7) is 2.52. The Kier molecular flexibility index (Phi) is 6.33. The number of benzene rings is 2. The van der Waals surface area contributed by atoms with Crippen LogP contribution in [-0.4, -0.2) is 31.6 Å². The molecule has 7 nitrogen and oxygen atoms in total. The van der Waals surface area contributed by atoms with Crippen LogP contribution in [0.5, 0.6) is 11.5 Å². The summed E-state index contributed by atoms with van der Waals surface area (Å²) in [5, 5.41) is 2.20. The van der Waals surface area contributed by atoms with E-state index >= 15 is 0 Å². The Morgan fingerprint density at radius 3 is 2.48 bits per heavy atom. The number of nitrogens with one attached hydrogen (secondary N) is 1. The van der Waals surface area contributed by atoms with Crippen LogP contribution in [0, 0.1) is 0 Å². The molecular formula is C21H19BrN2O5. The molecule has 0 aliphatic carbocycles. The van der Waals surface area contributed by atoms with Gasteiger partial charge in [0.05, 0.1) is 19.4 Å². The maximum atomic E-state index is 12.9. The van der Waals surface area contributed by atoms with Crippen LogP contribution < -0.4 is 19.7 Å². The number of anilines is 1. The lowest BCUT2D eigenvalue weighted by Crippen LogP contribution is -2.54. The Bertz CT molecular complexity index is 988. The number of ether oxygens (including phenoxy) is 2. The summed E-state index contributed by atoms with van der Waals surface area (Å²) < 4.78 is 11.6. The third kappa shape index (κ3) is 4.32. The van der Waals surface area contributed by atoms with Crippen molar-refractivity contribution in [2.24, 2.45) is 0 Å². The Labute approximate surface area is 176 Å². The largest absolute Gasteiger partial charge is 0.493 e. The van der Waals surface area contributed by atoms with Gasteiger partial charge in [-0.2, -0.15) is 0 Å². The fourth-order valence-corrected chi connectivity index (χ4v) is 3.21. The quantitative estimate of drug-likeness (QED) is 0.523. The van der Waals surface area contributed by atoms with Gasteiger partial charge in [-0.05, 0) is 42.3 Å². The molecule has 0 aromatic heterocycles. The topological polar surface area (TPSA) is 84.9 Å². The van der Waals surface area contributed by atoms with E-state index in [0.29, 0.717) is 33.8 Å². The summed E-state index contributed by atoms with van der Waals surface area (Å²) in [5.74, 6) is -0.455. The minimum absolute atomic E-state index is 0.168. The summed E-state index contributed by atoms with van der Waals surface area (Å²) in [6, 6.07) is 11.0. The number of methoxy groups -OCH3 is 1. The van der Waals surface area contributed by atoms with E-state index in [2.05, 4.69) is 21.2 Å². The lowest BCUT2D eigenvalue weighted by Gasteiger charge is -2.26. The van der Waals surface area contributed by atoms with Crippen LogP contribution in [0.15, 0.2) is 52.5 Å². The third-order valence-electron chi connectivity index (χ3n) is 4.16. The molecule has 0 saturated carbocycles. The van der Waals surface area contributed by atoms with Gasteiger partial charge in [0.25, 0.3) is 11.8 Å². The molecular weight excluding hydrogens is 440 g/mol. The number of imide groups is 2. The highest BCUT2D eigenvalue weighted by atomic mass is 79.9. The van der Waals surface area contributed by atoms with E-state index in [1.54, 1.807) is 42.5 Å². The van der Waals surface area contributed by atoms with Crippen molar-refractivity contribution in [3.63, 3.8) is 0 Å². The highest BCUT2D eigenvalue weighted by Gasteiger charge is 2.36. The molecule has 1 heterocycles. The zero-order valence-electron chi connectivity index (χ0n) is 15.9. The van der Waals surface area contributed by atoms with Crippen molar-refractivity contribution in [3.05, 3.63) is 58.1 Å². The van der Waals surface area contributed by atoms with E-state index in [4.69, 9.17) is 9.47 Å². The van der Waals surface area contributed by atoms with E-state index in [1.807, 2.05) is 6.92 Å². The van der Waals surface area contributed by atoms with Crippen LogP contribution in [0.2, 0.25) is 0 Å². The zero-order chi connectivity index (χ0) is 21.0. The van der Waals surface area contributed by atoms with E-state index in [0.717, 1.165) is 11.3 Å². The number of carbonyl (C=O) groups excluding carboxylic acids is 3. The van der Waals surface area contributed by atoms with Crippen LogP contribution in [-0.2, 0) is 9.59 Å². The second kappa shape index (κ2) is 8.91. The first-order valence-corrected chi connectivity index (χ1v) is 9.72. The molecule has 1 saturated heterocycles. The lowest BCUT2D eigenvalue weighted by molar-refractivity contribution is -0.122. The standard InChI is InChI=1S/C21H19BrN2O5/c1-3-9-29-18-12-16(22)13(11-17(18)28-2)10-15-19(25)23-21(27)24(20(15)26)14-7-5-4-6-8-14/h4-8,10-12H,3,9H2,1-2H3,(H,23,25,27)/b15-10-. The number of urea groups is 1. The van der Waals surface area contributed by atoms with Gasteiger partial charge in [-0.1, -0.05) is 41.1 Å². The van der Waals surface area contributed by atoms with Gasteiger partial charge < -0.3 is 9.47 Å². The molecule has 1 aliphatic heterocycles. The number of amides is 4. The normalized spacial score (nSPS) is 15.5. The third-order valence-corrected chi connectivity index (χ3v) is 4.85. The summed E-state index contributed by atoms with van der Waals surface area (Å²) in [5.41, 5.74) is 0.735. The van der Waals surface area contributed by atoms with Gasteiger partial charge in [-0.15, -0.1) is 0 Å². The second-order valence-electron chi connectivity index (χ2n) is 6.17. The number of barbiturate groups is 1. The van der Waals surface area contributed by atoms with Gasteiger partial charge in [0.1, 0.15) is 5.57 Å². The smallest absolute Gasteiger partial charge is 0.335 e. The molecule has 2 aromatic carbocycles. The van der Waals surface area contributed by atoms with Crippen LogP contribution in [0.25, 0.3) is 6.08 Å². The fourth-order valence-electron chi connectivity index (χ4n) is 2.77. The van der Waals surface area contributed by atoms with Gasteiger partial charge in [0.2, 0.25) is 0 Å². The van der Waals surface area contributed by atoms with Crippen molar-refractivity contribution < 1.29 is 23.9 Å². The SMILES string of the molecule is CCCOc1cc(Br)c(/C=C2/C(=O)NC(=O)N(c3ccccc3)C2=O)cc1OC. The van der Waals surface area contributed by atoms with Crippen molar-refractivity contribution in [1.29, 1.82) is 0 Å². The predicted molar refractivity (Wildman–Crippen MR) is 112 cm³/mol. The number of carbonyl (C=O) groups is 3. The maximum Gasteiger partial charge on any atom is 0.335 e. The molecule has 8 heteroatoms. The molecule has 0 atom stereocenters. The van der Waals surface area contributed by atoms with E-state index in [9.17, 15) is 14.4 Å². The van der Waals surface area contributed by atoms with Crippen LogP contribution in [0.1, 0.15) is 18.9 Å². The highest BCUT2D eigenvalue weighted by Crippen LogP contribution is 2.35. The van der Waals surface area contributed by atoms with Gasteiger partial charge in [-0.3, -0.25) is 14.9 Å². The lowest BCUT2D eigenvalue weighted by atomic mass is 10.1. The average molecular weight is 459 g/mol. The van der Waals surface area contributed by atoms with E-state index in [-0.39, 0.29) is 5.57 Å². The van der Waals surface area contributed by atoms with Crippen LogP contribution >= 0.6 is 15.9 Å². The minimum Gasteiger partial charge on any atom is -0.493 e. The summed E-state index contributed by atoms with van der Waals surface area (Å²) in [7, 11) is 1.51. The Balaban J connectivity index is 2.01. The van der Waals surface area contributed by atoms with E-state index < -0.39 is 17.8 Å². The maximum absolute atomic E-state index is 12.9. The molecule has 0 bridgehead atoms. The number of para-hydroxylation sites is 1. The molecule has 0 spiro atoms. The van der Waals surface area contributed by atoms with Gasteiger partial charge in [-0.25, -0.2) is 9.69 Å². The first-order chi connectivity index (χ1) is 14.0. The molecule has 1 N–H and O–H groups in total. The van der Waals surface area contributed by atoms with Crippen LogP contribution in [0.4, 0.5) is 10.5 Å². The van der Waals surface area contributed by atoms with Gasteiger partial charge >= 0.3 is 6.03 Å². The number of hydrogen-bond acceptors (Lipinski definition) is 5. The zero-order valence-corrected chi connectivity index (χ0v) is 17.5. The number of halogens is 1. The molecule has 4 amide bonds. The molecule has 29 heavy (non-hydrogen) atoms. The minimum atomic E-state index is -0.789. The Morgan fingerprint density at radius 2 is 1.83 bits per heavy atom. The van der Waals surface area contributed by atoms with Crippen molar-refractivity contribution in [3.8, 4) is 11.5 Å². The number of nitrogens with zero attached hydrogens (tertiary/aromatic N) is 1. The summed E-state index contributed by atoms with van der Waals surface area (Å²) >= 11 is 3.44. The average Bonchev–Trinajstić information content (AvgIpc) is 2.71. The number of hydrogen-bond donors (Lipinski definition) is 1. The highest BCUT2D eigenvalue weighted by molar-refractivity contribution is 9.10. The van der Waals surface area contributed by atoms with Crippen molar-refractivity contribution >= 4 is 45.5 Å². The van der Waals surface area contributed by atoms with Crippen LogP contribution in [0.3, 0.4) is 0 Å². The van der Waals surface area contributed by atoms with Crippen molar-refractivity contribution in [2.45, 2.75) is 13.3 Å². The fraction of sp³-hybridized carbons (Fsp3) is 0.190. The first kappa shape index (κ1) is 20.6. The second-order valence-corrected chi connectivity index (χ2v) is 7.02. The van der Waals surface area contributed by atoms with E-state index in [1.165, 1.54) is 13.2 Å². The molecule has 1 aliphatic rings. The number of rotatable bonds is 6. The molecule has 2 aromatic rings. The molecule has 3 rings (SSSR count). The predicted octanol–water partition coefficient (Wildman–Crippen LogP) is 3.91. The molecule has 150 valence electrons. The van der Waals surface area contributed by atoms with Crippen molar-refractivity contribution in [1.82, 2.24) is 5.32 Å². The molecule has 0 unspecified atom stereocenters.